The van der Waals surface area contributed by atoms with Crippen LogP contribution in [0.4, 0.5) is 4.79 Å². The zero-order valence-corrected chi connectivity index (χ0v) is 5.83. The van der Waals surface area contributed by atoms with Gasteiger partial charge in [-0.15, -0.1) is 0 Å². The summed E-state index contributed by atoms with van der Waals surface area (Å²) in [7, 11) is 0. The normalized spacial score (nSPS) is 22.9. The van der Waals surface area contributed by atoms with Crippen molar-refractivity contribution in [2.24, 2.45) is 0 Å². The highest BCUT2D eigenvalue weighted by Crippen LogP contribution is 2.14. The van der Waals surface area contributed by atoms with Gasteiger partial charge in [0.25, 0.3) is 0 Å². The van der Waals surface area contributed by atoms with Gasteiger partial charge in [-0.3, -0.25) is 0 Å². The Hall–Kier alpha value is -1.45. The number of furan rings is 1. The van der Waals surface area contributed by atoms with E-state index in [2.05, 4.69) is 10.6 Å². The molecular weight excluding hydrogens is 144 g/mol. The number of carbonyl (C=O) groups is 1. The standard InChI is InChI=1S/C7H8N2O2/c10-7-8-4-5(9-7)6-2-1-3-11-6/h1-3,5H,4H2,(H2,8,9,10). The molecule has 2 amide bonds. The van der Waals surface area contributed by atoms with Crippen LogP contribution in [0.25, 0.3) is 0 Å². The van der Waals surface area contributed by atoms with E-state index in [0.717, 1.165) is 5.76 Å². The van der Waals surface area contributed by atoms with Gasteiger partial charge in [0.05, 0.1) is 6.26 Å². The average Bonchev–Trinajstić information content (AvgIpc) is 2.55. The van der Waals surface area contributed by atoms with Gasteiger partial charge >= 0.3 is 6.03 Å². The first-order valence-corrected chi connectivity index (χ1v) is 3.44. The van der Waals surface area contributed by atoms with Crippen LogP contribution in [0.3, 0.4) is 0 Å². The predicted molar refractivity (Wildman–Crippen MR) is 38.0 cm³/mol. The number of urea groups is 1. The largest absolute Gasteiger partial charge is 0.467 e. The number of nitrogens with one attached hydrogen (secondary N) is 2. The topological polar surface area (TPSA) is 54.3 Å². The number of hydrogen-bond donors (Lipinski definition) is 2. The van der Waals surface area contributed by atoms with Crippen molar-refractivity contribution in [3.8, 4) is 0 Å². The van der Waals surface area contributed by atoms with E-state index in [1.165, 1.54) is 0 Å². The number of hydrogen-bond acceptors (Lipinski definition) is 2. The fourth-order valence-electron chi connectivity index (χ4n) is 1.12. The highest BCUT2D eigenvalue weighted by molar-refractivity contribution is 5.76. The Kier molecular flexibility index (Phi) is 1.31. The molecule has 1 aromatic rings. The SMILES string of the molecule is O=C1NCC(c2ccco2)N1. The lowest BCUT2D eigenvalue weighted by Crippen LogP contribution is -2.21. The molecule has 0 bridgehead atoms. The lowest BCUT2D eigenvalue weighted by atomic mass is 10.2. The van der Waals surface area contributed by atoms with Crippen LogP contribution in [-0.2, 0) is 0 Å². The average molecular weight is 152 g/mol. The fraction of sp³-hybridized carbons (Fsp3) is 0.286. The minimum Gasteiger partial charge on any atom is -0.467 e. The quantitative estimate of drug-likeness (QED) is 0.620. The van der Waals surface area contributed by atoms with Crippen molar-refractivity contribution >= 4 is 6.03 Å². The Bertz CT molecular complexity index is 255. The molecule has 1 aliphatic rings. The Morgan fingerprint density at radius 2 is 2.55 bits per heavy atom. The van der Waals surface area contributed by atoms with Gasteiger partial charge in [-0.05, 0) is 12.1 Å². The second kappa shape index (κ2) is 2.30. The molecule has 11 heavy (non-hydrogen) atoms. The molecule has 1 atom stereocenters. The molecule has 2 N–H and O–H groups in total. The molecule has 0 spiro atoms. The predicted octanol–water partition coefficient (Wildman–Crippen LogP) is 0.634. The van der Waals surface area contributed by atoms with Gasteiger partial charge in [0.15, 0.2) is 0 Å². The van der Waals surface area contributed by atoms with Crippen molar-refractivity contribution in [3.63, 3.8) is 0 Å². The van der Waals surface area contributed by atoms with Crippen LogP contribution in [0.1, 0.15) is 11.8 Å². The minimum absolute atomic E-state index is 0.00231. The second-order valence-corrected chi connectivity index (χ2v) is 2.42. The fourth-order valence-corrected chi connectivity index (χ4v) is 1.12. The molecule has 0 radical (unpaired) electrons. The summed E-state index contributed by atoms with van der Waals surface area (Å²) in [5.41, 5.74) is 0. The zero-order valence-electron chi connectivity index (χ0n) is 5.83. The van der Waals surface area contributed by atoms with E-state index in [4.69, 9.17) is 4.42 Å². The van der Waals surface area contributed by atoms with E-state index < -0.39 is 0 Å². The molecule has 1 unspecified atom stereocenters. The van der Waals surface area contributed by atoms with Crippen molar-refractivity contribution in [2.75, 3.05) is 6.54 Å². The second-order valence-electron chi connectivity index (χ2n) is 2.42. The summed E-state index contributed by atoms with van der Waals surface area (Å²) in [5, 5.41) is 5.36. The van der Waals surface area contributed by atoms with Crippen molar-refractivity contribution in [1.29, 1.82) is 0 Å². The summed E-state index contributed by atoms with van der Waals surface area (Å²) in [5.74, 6) is 0.795. The van der Waals surface area contributed by atoms with Crippen LogP contribution in [0.5, 0.6) is 0 Å². The van der Waals surface area contributed by atoms with E-state index >= 15 is 0 Å². The van der Waals surface area contributed by atoms with E-state index in [1.54, 1.807) is 12.3 Å². The molecule has 0 aromatic carbocycles. The van der Waals surface area contributed by atoms with Gasteiger partial charge in [0.2, 0.25) is 0 Å². The summed E-state index contributed by atoms with van der Waals surface area (Å²) in [6, 6.07) is 3.52. The van der Waals surface area contributed by atoms with Crippen molar-refractivity contribution in [1.82, 2.24) is 10.6 Å². The Labute approximate surface area is 63.6 Å². The summed E-state index contributed by atoms with van der Waals surface area (Å²) in [6.07, 6.45) is 1.60. The third-order valence-electron chi connectivity index (χ3n) is 1.66. The van der Waals surface area contributed by atoms with Gasteiger partial charge in [-0.1, -0.05) is 0 Å². The van der Waals surface area contributed by atoms with Gasteiger partial charge in [-0.25, -0.2) is 4.79 Å². The highest BCUT2D eigenvalue weighted by atomic mass is 16.3. The lowest BCUT2D eigenvalue weighted by Gasteiger charge is -2.02. The number of carbonyl (C=O) groups excluding carboxylic acids is 1. The number of rotatable bonds is 1. The third kappa shape index (κ3) is 1.07. The molecule has 4 heteroatoms. The summed E-state index contributed by atoms with van der Waals surface area (Å²) in [4.78, 5) is 10.7. The summed E-state index contributed by atoms with van der Waals surface area (Å²) >= 11 is 0. The molecule has 1 aliphatic heterocycles. The molecular formula is C7H8N2O2. The summed E-state index contributed by atoms with van der Waals surface area (Å²) in [6.45, 7) is 0.604. The first-order valence-electron chi connectivity index (χ1n) is 3.44. The Balaban J connectivity index is 2.13. The highest BCUT2D eigenvalue weighted by Gasteiger charge is 2.23. The van der Waals surface area contributed by atoms with Crippen LogP contribution in [-0.4, -0.2) is 12.6 Å². The van der Waals surface area contributed by atoms with E-state index in [-0.39, 0.29) is 12.1 Å². The third-order valence-corrected chi connectivity index (χ3v) is 1.66. The maximum absolute atomic E-state index is 10.7. The van der Waals surface area contributed by atoms with Gasteiger partial charge in [-0.2, -0.15) is 0 Å². The Morgan fingerprint density at radius 3 is 3.09 bits per heavy atom. The molecule has 58 valence electrons. The van der Waals surface area contributed by atoms with Crippen molar-refractivity contribution < 1.29 is 9.21 Å². The first kappa shape index (κ1) is 6.27. The van der Waals surface area contributed by atoms with Crippen molar-refractivity contribution in [2.45, 2.75) is 6.04 Å². The van der Waals surface area contributed by atoms with Gasteiger partial charge in [0, 0.05) is 6.54 Å². The molecule has 0 saturated carbocycles. The summed E-state index contributed by atoms with van der Waals surface area (Å²) < 4.78 is 5.11. The molecule has 4 nitrogen and oxygen atoms in total. The van der Waals surface area contributed by atoms with Crippen LogP contribution in [0, 0.1) is 0 Å². The minimum atomic E-state index is -0.133. The van der Waals surface area contributed by atoms with Crippen LogP contribution >= 0.6 is 0 Å². The molecule has 0 aliphatic carbocycles. The lowest BCUT2D eigenvalue weighted by molar-refractivity contribution is 0.247. The molecule has 1 fully saturated rings. The molecule has 2 rings (SSSR count). The maximum Gasteiger partial charge on any atom is 0.315 e. The number of amides is 2. The van der Waals surface area contributed by atoms with E-state index in [1.807, 2.05) is 6.07 Å². The van der Waals surface area contributed by atoms with Crippen molar-refractivity contribution in [3.05, 3.63) is 24.2 Å². The van der Waals surface area contributed by atoms with Crippen LogP contribution < -0.4 is 10.6 Å². The monoisotopic (exact) mass is 152 g/mol. The van der Waals surface area contributed by atoms with Crippen LogP contribution in [0.15, 0.2) is 22.8 Å². The first-order chi connectivity index (χ1) is 5.36. The molecule has 1 saturated heterocycles. The van der Waals surface area contributed by atoms with Gasteiger partial charge < -0.3 is 15.1 Å². The smallest absolute Gasteiger partial charge is 0.315 e. The van der Waals surface area contributed by atoms with Crippen LogP contribution in [0.2, 0.25) is 0 Å². The molecule has 2 heterocycles. The maximum atomic E-state index is 10.7. The van der Waals surface area contributed by atoms with E-state index in [9.17, 15) is 4.79 Å². The van der Waals surface area contributed by atoms with Gasteiger partial charge in [0.1, 0.15) is 11.8 Å². The zero-order chi connectivity index (χ0) is 7.68. The Morgan fingerprint density at radius 1 is 1.64 bits per heavy atom. The van der Waals surface area contributed by atoms with E-state index in [0.29, 0.717) is 6.54 Å². The molecule has 1 aromatic heterocycles.